The van der Waals surface area contributed by atoms with E-state index < -0.39 is 17.4 Å². The molecule has 0 aliphatic heterocycles. The van der Waals surface area contributed by atoms with Gasteiger partial charge in [-0.15, -0.1) is 0 Å². The fourth-order valence-electron chi connectivity index (χ4n) is 3.13. The lowest BCUT2D eigenvalue weighted by molar-refractivity contribution is -0.255. The third-order valence-corrected chi connectivity index (χ3v) is 4.57. The summed E-state index contributed by atoms with van der Waals surface area (Å²) in [4.78, 5) is 10.9. The van der Waals surface area contributed by atoms with Crippen molar-refractivity contribution in [1.82, 2.24) is 0 Å². The van der Waals surface area contributed by atoms with Crippen LogP contribution in [0.3, 0.4) is 0 Å². The number of carbonyl (C=O) groups is 1. The van der Waals surface area contributed by atoms with Gasteiger partial charge in [0.15, 0.2) is 11.6 Å². The highest BCUT2D eigenvalue weighted by Gasteiger charge is 2.36. The molecule has 3 nitrogen and oxygen atoms in total. The predicted molar refractivity (Wildman–Crippen MR) is 82.8 cm³/mol. The van der Waals surface area contributed by atoms with E-state index in [0.717, 1.165) is 18.9 Å². The second-order valence-electron chi connectivity index (χ2n) is 6.51. The van der Waals surface area contributed by atoms with E-state index in [2.05, 4.69) is 12.1 Å². The summed E-state index contributed by atoms with van der Waals surface area (Å²) in [5.41, 5.74) is 1.87. The zero-order chi connectivity index (χ0) is 16.6. The summed E-state index contributed by atoms with van der Waals surface area (Å²) in [5, 5.41) is 10.9. The summed E-state index contributed by atoms with van der Waals surface area (Å²) in [7, 11) is 0. The topological polar surface area (TPSA) is 49.4 Å². The Balaban J connectivity index is 1.82. The second-order valence-corrected chi connectivity index (χ2v) is 6.51. The van der Waals surface area contributed by atoms with E-state index in [9.17, 15) is 14.3 Å². The van der Waals surface area contributed by atoms with Gasteiger partial charge in [-0.25, -0.2) is 4.39 Å². The quantitative estimate of drug-likeness (QED) is 0.872. The Hall–Kier alpha value is -2.36. The Bertz CT molecular complexity index is 727. The number of rotatable bonds is 4. The number of hydrogen-bond donors (Lipinski definition) is 0. The van der Waals surface area contributed by atoms with Crippen LogP contribution >= 0.6 is 0 Å². The molecule has 4 heteroatoms. The number of halogens is 1. The van der Waals surface area contributed by atoms with E-state index in [-0.39, 0.29) is 17.2 Å². The number of aromatic carboxylic acids is 1. The maximum absolute atomic E-state index is 14.0. The zero-order valence-corrected chi connectivity index (χ0v) is 13.1. The molecule has 120 valence electrons. The van der Waals surface area contributed by atoms with Crippen LogP contribution in [-0.4, -0.2) is 11.6 Å². The van der Waals surface area contributed by atoms with Gasteiger partial charge in [0.05, 0.1) is 5.97 Å². The van der Waals surface area contributed by atoms with E-state index in [1.165, 1.54) is 23.3 Å². The highest BCUT2D eigenvalue weighted by molar-refractivity contribution is 5.86. The molecule has 0 fully saturated rings. The number of fused-ring (bicyclic) bond motifs is 1. The summed E-state index contributed by atoms with van der Waals surface area (Å²) < 4.78 is 19.8. The summed E-state index contributed by atoms with van der Waals surface area (Å²) in [6.45, 7) is 3.82. The molecule has 0 atom stereocenters. The normalized spacial score (nSPS) is 14.6. The van der Waals surface area contributed by atoms with Crippen molar-refractivity contribution in [3.8, 4) is 5.75 Å². The van der Waals surface area contributed by atoms with Crippen LogP contribution in [0.1, 0.15) is 35.3 Å². The van der Waals surface area contributed by atoms with E-state index in [4.69, 9.17) is 4.74 Å². The number of benzene rings is 2. The van der Waals surface area contributed by atoms with Crippen molar-refractivity contribution in [1.29, 1.82) is 0 Å². The van der Waals surface area contributed by atoms with Gasteiger partial charge in [0, 0.05) is 11.5 Å². The Morgan fingerprint density at radius 1 is 1.17 bits per heavy atom. The summed E-state index contributed by atoms with van der Waals surface area (Å²) in [6, 6.07) is 11.7. The van der Waals surface area contributed by atoms with Crippen LogP contribution in [0.2, 0.25) is 0 Å². The lowest BCUT2D eigenvalue weighted by Gasteiger charge is -2.33. The molecule has 0 spiro atoms. The van der Waals surface area contributed by atoms with Gasteiger partial charge >= 0.3 is 0 Å². The fraction of sp³-hybridized carbons (Fsp3) is 0.316. The SMILES string of the molecule is CC(C)(Oc1cc(C(=O)[O-])ccc1F)C1Cc2ccccc2C1. The first-order valence-corrected chi connectivity index (χ1v) is 7.63. The molecule has 0 N–H and O–H groups in total. The van der Waals surface area contributed by atoms with E-state index >= 15 is 0 Å². The molecule has 2 aromatic rings. The average Bonchev–Trinajstić information content (AvgIpc) is 2.94. The van der Waals surface area contributed by atoms with Crippen LogP contribution in [0.5, 0.6) is 5.75 Å². The molecule has 0 bridgehead atoms. The molecule has 3 rings (SSSR count). The maximum atomic E-state index is 14.0. The minimum atomic E-state index is -1.35. The molecule has 0 saturated heterocycles. The van der Waals surface area contributed by atoms with Crippen LogP contribution < -0.4 is 9.84 Å². The molecule has 0 heterocycles. The van der Waals surface area contributed by atoms with Crippen LogP contribution in [0, 0.1) is 11.7 Å². The van der Waals surface area contributed by atoms with Crippen LogP contribution in [0.4, 0.5) is 4.39 Å². The number of carboxylic acid groups (broad SMARTS) is 1. The van der Waals surface area contributed by atoms with Crippen LogP contribution in [0.25, 0.3) is 0 Å². The molecule has 0 aromatic heterocycles. The molecular formula is C19H18FO3-. The summed E-state index contributed by atoms with van der Waals surface area (Å²) >= 11 is 0. The van der Waals surface area contributed by atoms with Crippen LogP contribution in [0.15, 0.2) is 42.5 Å². The van der Waals surface area contributed by atoms with Gasteiger partial charge in [0.25, 0.3) is 0 Å². The molecule has 2 aromatic carbocycles. The van der Waals surface area contributed by atoms with E-state index in [1.807, 2.05) is 26.0 Å². The third-order valence-electron chi connectivity index (χ3n) is 4.57. The number of hydrogen-bond acceptors (Lipinski definition) is 3. The standard InChI is InChI=1S/C19H19FO3/c1-19(2,15-9-12-5-3-4-6-13(12)10-15)23-17-11-14(18(21)22)7-8-16(17)20/h3-8,11,15H,9-10H2,1-2H3,(H,21,22)/p-1. The number of carboxylic acids is 1. The first-order valence-electron chi connectivity index (χ1n) is 7.63. The molecule has 1 aliphatic carbocycles. The Morgan fingerprint density at radius 3 is 2.35 bits per heavy atom. The van der Waals surface area contributed by atoms with Crippen molar-refractivity contribution < 1.29 is 19.0 Å². The largest absolute Gasteiger partial charge is 0.545 e. The molecular weight excluding hydrogens is 295 g/mol. The van der Waals surface area contributed by atoms with Crippen molar-refractivity contribution in [3.63, 3.8) is 0 Å². The van der Waals surface area contributed by atoms with Crippen molar-refractivity contribution in [2.24, 2.45) is 5.92 Å². The lowest BCUT2D eigenvalue weighted by Crippen LogP contribution is -2.38. The van der Waals surface area contributed by atoms with E-state index in [0.29, 0.717) is 0 Å². The fourth-order valence-corrected chi connectivity index (χ4v) is 3.13. The second kappa shape index (κ2) is 5.69. The van der Waals surface area contributed by atoms with Gasteiger partial charge in [0.2, 0.25) is 0 Å². The van der Waals surface area contributed by atoms with Crippen molar-refractivity contribution in [2.45, 2.75) is 32.3 Å². The van der Waals surface area contributed by atoms with E-state index in [1.54, 1.807) is 0 Å². The first-order chi connectivity index (χ1) is 10.9. The Kier molecular flexibility index (Phi) is 3.84. The van der Waals surface area contributed by atoms with Gasteiger partial charge in [-0.2, -0.15) is 0 Å². The Labute approximate surface area is 134 Å². The minimum Gasteiger partial charge on any atom is -0.545 e. The maximum Gasteiger partial charge on any atom is 0.165 e. The molecule has 0 saturated carbocycles. The monoisotopic (exact) mass is 313 g/mol. The summed E-state index contributed by atoms with van der Waals surface area (Å²) in [5.74, 6) is -1.77. The lowest BCUT2D eigenvalue weighted by atomic mass is 9.88. The smallest absolute Gasteiger partial charge is 0.165 e. The van der Waals surface area contributed by atoms with Gasteiger partial charge < -0.3 is 14.6 Å². The first kappa shape index (κ1) is 15.5. The number of carbonyl (C=O) groups excluding carboxylic acids is 1. The third kappa shape index (κ3) is 3.07. The highest BCUT2D eigenvalue weighted by atomic mass is 19.1. The van der Waals surface area contributed by atoms with Gasteiger partial charge in [-0.1, -0.05) is 24.3 Å². The average molecular weight is 313 g/mol. The predicted octanol–water partition coefficient (Wildman–Crippen LogP) is 2.76. The van der Waals surface area contributed by atoms with Crippen molar-refractivity contribution in [2.75, 3.05) is 0 Å². The van der Waals surface area contributed by atoms with Crippen molar-refractivity contribution in [3.05, 3.63) is 65.0 Å². The summed E-state index contributed by atoms with van der Waals surface area (Å²) in [6.07, 6.45) is 1.73. The molecule has 0 radical (unpaired) electrons. The zero-order valence-electron chi connectivity index (χ0n) is 13.1. The highest BCUT2D eigenvalue weighted by Crippen LogP contribution is 2.37. The van der Waals surface area contributed by atoms with Crippen LogP contribution in [-0.2, 0) is 12.8 Å². The molecule has 1 aliphatic rings. The van der Waals surface area contributed by atoms with Gasteiger partial charge in [-0.3, -0.25) is 0 Å². The minimum absolute atomic E-state index is 0.0485. The van der Waals surface area contributed by atoms with Crippen molar-refractivity contribution >= 4 is 5.97 Å². The molecule has 23 heavy (non-hydrogen) atoms. The molecule has 0 amide bonds. The Morgan fingerprint density at radius 2 is 1.78 bits per heavy atom. The molecule has 0 unspecified atom stereocenters. The number of ether oxygens (including phenoxy) is 1. The van der Waals surface area contributed by atoms with Gasteiger partial charge in [0.1, 0.15) is 5.60 Å². The van der Waals surface area contributed by atoms with Gasteiger partial charge in [-0.05, 0) is 56.0 Å².